The Kier molecular flexibility index (Phi) is 4.82. The summed E-state index contributed by atoms with van der Waals surface area (Å²) in [5.74, 6) is 0.649. The third kappa shape index (κ3) is 3.05. The first-order valence-electron chi connectivity index (χ1n) is 8.46. The highest BCUT2D eigenvalue weighted by Crippen LogP contribution is 2.40. The number of rotatable bonds is 6. The minimum absolute atomic E-state index is 0.649. The van der Waals surface area contributed by atoms with Crippen LogP contribution in [0.3, 0.4) is 0 Å². The number of benzene rings is 2. The molecule has 0 aromatic heterocycles. The van der Waals surface area contributed by atoms with Crippen molar-refractivity contribution in [3.63, 3.8) is 0 Å². The molecule has 2 aromatic carbocycles. The lowest BCUT2D eigenvalue weighted by molar-refractivity contribution is 0.866. The average molecular weight is 329 g/mol. The molecule has 3 heteroatoms. The van der Waals surface area contributed by atoms with E-state index >= 15 is 0 Å². The molecule has 2 aromatic rings. The van der Waals surface area contributed by atoms with E-state index in [1.807, 2.05) is 0 Å². The van der Waals surface area contributed by atoms with E-state index in [1.165, 1.54) is 33.6 Å². The lowest BCUT2D eigenvalue weighted by atomic mass is 10.0. The van der Waals surface area contributed by atoms with Crippen molar-refractivity contribution in [2.45, 2.75) is 20.3 Å². The Morgan fingerprint density at radius 3 is 2.04 bits per heavy atom. The Labute approximate surface area is 144 Å². The van der Waals surface area contributed by atoms with E-state index in [1.54, 1.807) is 0 Å². The fourth-order valence-electron chi connectivity index (χ4n) is 3.42. The zero-order valence-electron chi connectivity index (χ0n) is 14.3. The summed E-state index contributed by atoms with van der Waals surface area (Å²) in [7, 11) is 2.10. The molecule has 23 heavy (non-hydrogen) atoms. The Hall–Kier alpha value is -1.67. The minimum Gasteiger partial charge on any atom is -0.373 e. The van der Waals surface area contributed by atoms with Gasteiger partial charge in [-0.2, -0.15) is 0 Å². The summed E-state index contributed by atoms with van der Waals surface area (Å²) in [5.41, 5.74) is 8.21. The van der Waals surface area contributed by atoms with E-state index in [-0.39, 0.29) is 0 Å². The van der Waals surface area contributed by atoms with Crippen LogP contribution >= 0.6 is 11.6 Å². The molecule has 0 spiro atoms. The van der Waals surface area contributed by atoms with Crippen LogP contribution in [0.4, 0.5) is 11.4 Å². The Balaban J connectivity index is 2.00. The molecule has 0 bridgehead atoms. The van der Waals surface area contributed by atoms with E-state index < -0.39 is 0 Å². The van der Waals surface area contributed by atoms with Gasteiger partial charge in [0.25, 0.3) is 0 Å². The summed E-state index contributed by atoms with van der Waals surface area (Å²) in [6.07, 6.45) is 1.04. The smallest absolute Gasteiger partial charge is 0.0399 e. The molecule has 0 aliphatic heterocycles. The molecule has 122 valence electrons. The zero-order chi connectivity index (χ0) is 16.4. The predicted molar refractivity (Wildman–Crippen MR) is 102 cm³/mol. The van der Waals surface area contributed by atoms with Crippen LogP contribution in [0.15, 0.2) is 36.4 Å². The van der Waals surface area contributed by atoms with Gasteiger partial charge in [0.15, 0.2) is 0 Å². The standard InChI is InChI=1S/C20H25ClN2/c1-4-23(5-2)18-9-7-16-12-15-6-8-17(22(3)11-10-21)13-19(15)20(16)14-18/h6-9,13-14H,4-5,10-12H2,1-3H3. The van der Waals surface area contributed by atoms with Gasteiger partial charge < -0.3 is 9.80 Å². The molecule has 0 atom stereocenters. The van der Waals surface area contributed by atoms with Crippen molar-refractivity contribution < 1.29 is 0 Å². The maximum absolute atomic E-state index is 5.88. The second-order valence-electron chi connectivity index (χ2n) is 6.14. The van der Waals surface area contributed by atoms with E-state index in [0.29, 0.717) is 5.88 Å². The summed E-state index contributed by atoms with van der Waals surface area (Å²) >= 11 is 5.88. The highest BCUT2D eigenvalue weighted by molar-refractivity contribution is 6.18. The first-order chi connectivity index (χ1) is 11.2. The Bertz CT molecular complexity index is 692. The second kappa shape index (κ2) is 6.84. The van der Waals surface area contributed by atoms with Gasteiger partial charge in [0, 0.05) is 43.9 Å². The number of halogens is 1. The molecule has 1 aliphatic rings. The van der Waals surface area contributed by atoms with E-state index in [2.05, 4.69) is 67.1 Å². The van der Waals surface area contributed by atoms with Crippen molar-refractivity contribution in [2.75, 3.05) is 42.4 Å². The molecule has 0 radical (unpaired) electrons. The molecule has 0 amide bonds. The van der Waals surface area contributed by atoms with Crippen LogP contribution in [0.1, 0.15) is 25.0 Å². The van der Waals surface area contributed by atoms with Gasteiger partial charge in [-0.05, 0) is 66.8 Å². The third-order valence-electron chi connectivity index (χ3n) is 4.85. The van der Waals surface area contributed by atoms with Crippen molar-refractivity contribution in [3.8, 4) is 11.1 Å². The average Bonchev–Trinajstić information content (AvgIpc) is 2.93. The van der Waals surface area contributed by atoms with Crippen LogP contribution in [0, 0.1) is 0 Å². The maximum Gasteiger partial charge on any atom is 0.0399 e. The van der Waals surface area contributed by atoms with Crippen molar-refractivity contribution in [3.05, 3.63) is 47.5 Å². The molecule has 0 fully saturated rings. The van der Waals surface area contributed by atoms with Crippen LogP contribution in [0.2, 0.25) is 0 Å². The lowest BCUT2D eigenvalue weighted by Gasteiger charge is -2.22. The monoisotopic (exact) mass is 328 g/mol. The van der Waals surface area contributed by atoms with Crippen LogP contribution in [-0.2, 0) is 6.42 Å². The first-order valence-corrected chi connectivity index (χ1v) is 8.99. The van der Waals surface area contributed by atoms with Crippen LogP contribution in [0.25, 0.3) is 11.1 Å². The molecule has 0 unspecified atom stereocenters. The Morgan fingerprint density at radius 1 is 0.913 bits per heavy atom. The summed E-state index contributed by atoms with van der Waals surface area (Å²) in [6, 6.07) is 13.7. The number of fused-ring (bicyclic) bond motifs is 3. The molecular weight excluding hydrogens is 304 g/mol. The Morgan fingerprint density at radius 2 is 1.48 bits per heavy atom. The fourth-order valence-corrected chi connectivity index (χ4v) is 3.68. The first kappa shape index (κ1) is 16.2. The van der Waals surface area contributed by atoms with Crippen molar-refractivity contribution in [2.24, 2.45) is 0 Å². The topological polar surface area (TPSA) is 6.48 Å². The normalized spacial score (nSPS) is 12.0. The van der Waals surface area contributed by atoms with Crippen LogP contribution < -0.4 is 9.80 Å². The van der Waals surface area contributed by atoms with E-state index in [0.717, 1.165) is 26.1 Å². The molecular formula is C20H25ClN2. The van der Waals surface area contributed by atoms with Gasteiger partial charge in [0.05, 0.1) is 0 Å². The molecule has 0 saturated heterocycles. The van der Waals surface area contributed by atoms with Gasteiger partial charge in [0.2, 0.25) is 0 Å². The molecule has 1 aliphatic carbocycles. The van der Waals surface area contributed by atoms with Crippen molar-refractivity contribution in [1.29, 1.82) is 0 Å². The van der Waals surface area contributed by atoms with E-state index in [4.69, 9.17) is 11.6 Å². The molecule has 0 N–H and O–H groups in total. The van der Waals surface area contributed by atoms with E-state index in [9.17, 15) is 0 Å². The van der Waals surface area contributed by atoms with Crippen molar-refractivity contribution >= 4 is 23.0 Å². The molecule has 0 heterocycles. The molecule has 0 saturated carbocycles. The SMILES string of the molecule is CCN(CC)c1ccc2c(c1)-c1cc(N(C)CCCl)ccc1C2. The summed E-state index contributed by atoms with van der Waals surface area (Å²) in [6.45, 7) is 7.38. The van der Waals surface area contributed by atoms with Gasteiger partial charge in [0.1, 0.15) is 0 Å². The number of hydrogen-bond acceptors (Lipinski definition) is 2. The van der Waals surface area contributed by atoms with Crippen LogP contribution in [-0.4, -0.2) is 32.6 Å². The second-order valence-corrected chi connectivity index (χ2v) is 6.52. The molecule has 3 rings (SSSR count). The van der Waals surface area contributed by atoms with Gasteiger partial charge in [-0.25, -0.2) is 0 Å². The minimum atomic E-state index is 0.649. The summed E-state index contributed by atoms with van der Waals surface area (Å²) in [4.78, 5) is 4.63. The van der Waals surface area contributed by atoms with Gasteiger partial charge in [-0.3, -0.25) is 0 Å². The molecule has 2 nitrogen and oxygen atoms in total. The fraction of sp³-hybridized carbons (Fsp3) is 0.400. The number of alkyl halides is 1. The van der Waals surface area contributed by atoms with Gasteiger partial charge >= 0.3 is 0 Å². The van der Waals surface area contributed by atoms with Gasteiger partial charge in [-0.1, -0.05) is 12.1 Å². The highest BCUT2D eigenvalue weighted by Gasteiger charge is 2.20. The summed E-state index contributed by atoms with van der Waals surface area (Å²) < 4.78 is 0. The lowest BCUT2D eigenvalue weighted by Crippen LogP contribution is -2.21. The number of anilines is 2. The van der Waals surface area contributed by atoms with Gasteiger partial charge in [-0.15, -0.1) is 11.6 Å². The van der Waals surface area contributed by atoms with Crippen LogP contribution in [0.5, 0.6) is 0 Å². The largest absolute Gasteiger partial charge is 0.373 e. The number of nitrogens with zero attached hydrogens (tertiary/aromatic N) is 2. The quantitative estimate of drug-likeness (QED) is 0.601. The number of hydrogen-bond donors (Lipinski definition) is 0. The summed E-state index contributed by atoms with van der Waals surface area (Å²) in [5, 5.41) is 0. The van der Waals surface area contributed by atoms with Crippen molar-refractivity contribution in [1.82, 2.24) is 0 Å². The predicted octanol–water partition coefficient (Wildman–Crippen LogP) is 4.78. The third-order valence-corrected chi connectivity index (χ3v) is 5.02. The zero-order valence-corrected chi connectivity index (χ0v) is 15.0. The highest BCUT2D eigenvalue weighted by atomic mass is 35.5. The maximum atomic E-state index is 5.88.